The maximum atomic E-state index is 2.21. The fraction of sp³-hybridized carbons (Fsp3) is 0.200. The summed E-state index contributed by atoms with van der Waals surface area (Å²) in [5.41, 5.74) is 6.32. The minimum Gasteiger partial charge on any atom is -0.205 e. The van der Waals surface area contributed by atoms with Gasteiger partial charge in [-0.2, -0.15) is 4.57 Å². The molecule has 0 bridgehead atoms. The van der Waals surface area contributed by atoms with Crippen LogP contribution in [0.5, 0.6) is 0 Å². The number of pyridine rings is 2. The van der Waals surface area contributed by atoms with E-state index in [2.05, 4.69) is 97.2 Å². The zero-order valence-corrected chi connectivity index (χ0v) is 13.5. The van der Waals surface area contributed by atoms with Gasteiger partial charge in [0.2, 0.25) is 5.69 Å². The quantitative estimate of drug-likeness (QED) is 0.652. The molecule has 0 fully saturated rings. The van der Waals surface area contributed by atoms with Crippen molar-refractivity contribution in [2.24, 2.45) is 0 Å². The molecule has 0 aliphatic carbocycles. The lowest BCUT2D eigenvalue weighted by Gasteiger charge is -2.04. The predicted molar refractivity (Wildman–Crippen MR) is 88.8 cm³/mol. The monoisotopic (exact) mass is 290 g/mol. The highest BCUT2D eigenvalue weighted by Gasteiger charge is 2.10. The van der Waals surface area contributed by atoms with Gasteiger partial charge in [0.25, 0.3) is 0 Å². The van der Waals surface area contributed by atoms with Gasteiger partial charge in [-0.05, 0) is 37.5 Å². The lowest BCUT2D eigenvalue weighted by Crippen LogP contribution is -2.31. The van der Waals surface area contributed by atoms with Gasteiger partial charge in [0.05, 0.1) is 0 Å². The van der Waals surface area contributed by atoms with Crippen molar-refractivity contribution in [2.75, 3.05) is 0 Å². The fourth-order valence-corrected chi connectivity index (χ4v) is 2.75. The molecule has 0 saturated heterocycles. The molecule has 2 aromatic heterocycles. The van der Waals surface area contributed by atoms with Crippen LogP contribution in [0.25, 0.3) is 16.8 Å². The van der Waals surface area contributed by atoms with E-state index >= 15 is 0 Å². The van der Waals surface area contributed by atoms with Crippen molar-refractivity contribution >= 4 is 0 Å². The molecule has 22 heavy (non-hydrogen) atoms. The molecular weight excluding hydrogens is 268 g/mol. The molecule has 110 valence electrons. The van der Waals surface area contributed by atoms with E-state index in [1.165, 1.54) is 27.9 Å². The third kappa shape index (κ3) is 2.91. The topological polar surface area (TPSA) is 7.76 Å². The summed E-state index contributed by atoms with van der Waals surface area (Å²) >= 11 is 0. The van der Waals surface area contributed by atoms with Crippen LogP contribution in [0.2, 0.25) is 0 Å². The second-order valence-electron chi connectivity index (χ2n) is 5.71. The highest BCUT2D eigenvalue weighted by Crippen LogP contribution is 2.20. The first-order valence-electron chi connectivity index (χ1n) is 7.76. The number of benzene rings is 1. The van der Waals surface area contributed by atoms with Gasteiger partial charge in [-0.15, -0.1) is 0 Å². The highest BCUT2D eigenvalue weighted by atomic mass is 14.9. The Morgan fingerprint density at radius 2 is 1.68 bits per heavy atom. The standard InChI is InChI=1S/C20H22N2/c1-4-21-11-10-20(17(3)15-21)18-8-12-22(13-9-18)19-7-5-6-16(2)14-19/h5-15H,4H2,1-3H3/q+2. The zero-order chi connectivity index (χ0) is 15.5. The second-order valence-corrected chi connectivity index (χ2v) is 5.71. The Kier molecular flexibility index (Phi) is 4.01. The van der Waals surface area contributed by atoms with E-state index in [4.69, 9.17) is 0 Å². The normalized spacial score (nSPS) is 10.7. The molecule has 0 unspecified atom stereocenters. The van der Waals surface area contributed by atoms with Gasteiger partial charge in [-0.25, -0.2) is 4.57 Å². The van der Waals surface area contributed by atoms with Crippen molar-refractivity contribution in [3.8, 4) is 16.8 Å². The van der Waals surface area contributed by atoms with Gasteiger partial charge in [0.15, 0.2) is 24.8 Å². The Bertz CT molecular complexity index is 789. The number of rotatable bonds is 3. The first-order chi connectivity index (χ1) is 10.7. The van der Waals surface area contributed by atoms with Gasteiger partial charge < -0.3 is 0 Å². The third-order valence-corrected chi connectivity index (χ3v) is 4.02. The molecular formula is C20H22N2+2. The number of hydrogen-bond acceptors (Lipinski definition) is 0. The molecule has 0 aliphatic heterocycles. The SMILES string of the molecule is CC[n+]1ccc(-c2cc[n+](-c3cccc(C)c3)cc2)c(C)c1. The van der Waals surface area contributed by atoms with Gasteiger partial charge in [0, 0.05) is 35.9 Å². The fourth-order valence-electron chi connectivity index (χ4n) is 2.75. The Labute approximate surface area is 132 Å². The highest BCUT2D eigenvalue weighted by molar-refractivity contribution is 5.65. The van der Waals surface area contributed by atoms with Crippen molar-refractivity contribution < 1.29 is 9.13 Å². The molecule has 2 nitrogen and oxygen atoms in total. The van der Waals surface area contributed by atoms with E-state index in [1.54, 1.807) is 0 Å². The van der Waals surface area contributed by atoms with Gasteiger partial charge in [0.1, 0.15) is 6.54 Å². The summed E-state index contributed by atoms with van der Waals surface area (Å²) in [4.78, 5) is 0. The molecule has 3 rings (SSSR count). The summed E-state index contributed by atoms with van der Waals surface area (Å²) in [7, 11) is 0. The smallest absolute Gasteiger partial charge is 0.205 e. The molecule has 0 N–H and O–H groups in total. The van der Waals surface area contributed by atoms with E-state index < -0.39 is 0 Å². The molecule has 0 radical (unpaired) electrons. The van der Waals surface area contributed by atoms with Crippen LogP contribution in [0, 0.1) is 13.8 Å². The van der Waals surface area contributed by atoms with Gasteiger partial charge >= 0.3 is 0 Å². The molecule has 0 spiro atoms. The summed E-state index contributed by atoms with van der Waals surface area (Å²) in [5, 5.41) is 0. The Hall–Kier alpha value is -2.48. The molecule has 0 atom stereocenters. The van der Waals surface area contributed by atoms with Crippen LogP contribution in [-0.4, -0.2) is 0 Å². The summed E-state index contributed by atoms with van der Waals surface area (Å²) in [5.74, 6) is 0. The van der Waals surface area contributed by atoms with Crippen LogP contribution in [-0.2, 0) is 6.54 Å². The van der Waals surface area contributed by atoms with Crippen LogP contribution in [0.15, 0.2) is 67.3 Å². The molecule has 0 aliphatic rings. The van der Waals surface area contributed by atoms with Crippen LogP contribution in [0.3, 0.4) is 0 Å². The first-order valence-corrected chi connectivity index (χ1v) is 7.76. The van der Waals surface area contributed by atoms with Gasteiger partial charge in [-0.3, -0.25) is 0 Å². The Morgan fingerprint density at radius 1 is 0.909 bits per heavy atom. The first kappa shape index (κ1) is 14.5. The van der Waals surface area contributed by atoms with Crippen LogP contribution in [0.1, 0.15) is 18.1 Å². The lowest BCUT2D eigenvalue weighted by atomic mass is 10.0. The summed E-state index contributed by atoms with van der Waals surface area (Å²) in [6.07, 6.45) is 8.61. The number of hydrogen-bond donors (Lipinski definition) is 0. The van der Waals surface area contributed by atoms with Crippen molar-refractivity contribution in [3.05, 3.63) is 78.4 Å². The van der Waals surface area contributed by atoms with E-state index in [-0.39, 0.29) is 0 Å². The van der Waals surface area contributed by atoms with Crippen molar-refractivity contribution in [1.82, 2.24) is 0 Å². The average Bonchev–Trinajstić information content (AvgIpc) is 2.55. The minimum absolute atomic E-state index is 1.00. The summed E-state index contributed by atoms with van der Waals surface area (Å²) in [6.45, 7) is 7.45. The van der Waals surface area contributed by atoms with Crippen molar-refractivity contribution in [2.45, 2.75) is 27.3 Å². The maximum absolute atomic E-state index is 2.21. The van der Waals surface area contributed by atoms with E-state index in [9.17, 15) is 0 Å². The Morgan fingerprint density at radius 3 is 2.32 bits per heavy atom. The average molecular weight is 290 g/mol. The Balaban J connectivity index is 1.94. The molecule has 2 heteroatoms. The van der Waals surface area contributed by atoms with Crippen LogP contribution >= 0.6 is 0 Å². The van der Waals surface area contributed by atoms with Crippen LogP contribution < -0.4 is 9.13 Å². The molecule has 0 saturated carbocycles. The predicted octanol–water partition coefficient (Wildman–Crippen LogP) is 3.55. The third-order valence-electron chi connectivity index (χ3n) is 4.02. The van der Waals surface area contributed by atoms with E-state index in [0.717, 1.165) is 6.54 Å². The van der Waals surface area contributed by atoms with Crippen molar-refractivity contribution in [3.63, 3.8) is 0 Å². The van der Waals surface area contributed by atoms with E-state index in [0.29, 0.717) is 0 Å². The number of nitrogens with zero attached hydrogens (tertiary/aromatic N) is 2. The molecule has 3 aromatic rings. The lowest BCUT2D eigenvalue weighted by molar-refractivity contribution is -0.693. The number of aryl methyl sites for hydroxylation is 3. The molecule has 1 aromatic carbocycles. The summed E-state index contributed by atoms with van der Waals surface area (Å²) in [6, 6.07) is 15.1. The number of aromatic nitrogens is 2. The van der Waals surface area contributed by atoms with Gasteiger partial charge in [-0.1, -0.05) is 12.1 Å². The largest absolute Gasteiger partial charge is 0.210 e. The minimum atomic E-state index is 1.00. The second kappa shape index (κ2) is 6.10. The van der Waals surface area contributed by atoms with E-state index in [1.807, 2.05) is 0 Å². The molecule has 0 amide bonds. The summed E-state index contributed by atoms with van der Waals surface area (Å²) < 4.78 is 4.36. The molecule has 2 heterocycles. The zero-order valence-electron chi connectivity index (χ0n) is 13.5. The maximum Gasteiger partial charge on any atom is 0.210 e. The van der Waals surface area contributed by atoms with Crippen molar-refractivity contribution in [1.29, 1.82) is 0 Å². The van der Waals surface area contributed by atoms with Crippen LogP contribution in [0.4, 0.5) is 0 Å².